The summed E-state index contributed by atoms with van der Waals surface area (Å²) in [6.45, 7) is 5.81. The molecule has 140 valence electrons. The van der Waals surface area contributed by atoms with E-state index in [0.29, 0.717) is 17.0 Å². The van der Waals surface area contributed by atoms with E-state index in [1.165, 1.54) is 12.5 Å². The van der Waals surface area contributed by atoms with Crippen molar-refractivity contribution in [3.63, 3.8) is 0 Å². The summed E-state index contributed by atoms with van der Waals surface area (Å²) in [7, 11) is 0. The largest absolute Gasteiger partial charge is 0.507 e. The highest BCUT2D eigenvalue weighted by atomic mass is 16.3. The van der Waals surface area contributed by atoms with Crippen LogP contribution < -0.4 is 10.3 Å². The second kappa shape index (κ2) is 8.22. The van der Waals surface area contributed by atoms with Crippen molar-refractivity contribution in [3.05, 3.63) is 53.9 Å². The third-order valence-corrected chi connectivity index (χ3v) is 4.11. The number of anilines is 1. The Morgan fingerprint density at radius 3 is 2.81 bits per heavy atom. The Labute approximate surface area is 156 Å². The van der Waals surface area contributed by atoms with Crippen LogP contribution in [0, 0.1) is 0 Å². The molecule has 0 saturated carbocycles. The Morgan fingerprint density at radius 1 is 1.33 bits per heavy atom. The summed E-state index contributed by atoms with van der Waals surface area (Å²) in [5.41, 5.74) is 4.60. The van der Waals surface area contributed by atoms with Crippen LogP contribution in [0.2, 0.25) is 0 Å². The molecule has 8 nitrogen and oxygen atoms in total. The molecule has 0 saturated heterocycles. The number of rotatable bonds is 7. The van der Waals surface area contributed by atoms with Crippen molar-refractivity contribution in [3.8, 4) is 17.2 Å². The molecule has 2 heterocycles. The van der Waals surface area contributed by atoms with Crippen molar-refractivity contribution in [2.75, 3.05) is 18.0 Å². The number of hydrogen-bond donors (Lipinski definition) is 3. The Balaban J connectivity index is 1.64. The molecule has 27 heavy (non-hydrogen) atoms. The topological polar surface area (TPSA) is 107 Å². The van der Waals surface area contributed by atoms with Crippen LogP contribution in [0.15, 0.2) is 52.2 Å². The van der Waals surface area contributed by atoms with Gasteiger partial charge in [-0.3, -0.25) is 9.89 Å². The molecule has 1 amide bonds. The predicted octanol–water partition coefficient (Wildman–Crippen LogP) is 2.99. The lowest BCUT2D eigenvalue weighted by Gasteiger charge is -2.21. The van der Waals surface area contributed by atoms with E-state index in [-0.39, 0.29) is 11.4 Å². The molecule has 1 aromatic carbocycles. The zero-order valence-corrected chi connectivity index (χ0v) is 15.1. The van der Waals surface area contributed by atoms with Crippen LogP contribution >= 0.6 is 0 Å². The van der Waals surface area contributed by atoms with Crippen LogP contribution in [0.1, 0.15) is 29.9 Å². The highest BCUT2D eigenvalue weighted by Gasteiger charge is 2.12. The number of nitrogens with one attached hydrogen (secondary N) is 2. The normalized spacial score (nSPS) is 11.0. The number of hydrazone groups is 1. The van der Waals surface area contributed by atoms with Gasteiger partial charge in [-0.05, 0) is 38.1 Å². The molecule has 3 N–H and O–H groups in total. The first-order valence-electron chi connectivity index (χ1n) is 8.63. The van der Waals surface area contributed by atoms with Crippen molar-refractivity contribution >= 4 is 17.8 Å². The first-order valence-corrected chi connectivity index (χ1v) is 8.63. The summed E-state index contributed by atoms with van der Waals surface area (Å²) in [4.78, 5) is 14.2. The summed E-state index contributed by atoms with van der Waals surface area (Å²) in [5, 5.41) is 20.7. The SMILES string of the molecule is CCN(CC)c1ccc(C=NNC(=O)c2cc(-c3ccco3)[nH]n2)c(O)c1. The first-order chi connectivity index (χ1) is 13.1. The van der Waals surface area contributed by atoms with Gasteiger partial charge in [0.1, 0.15) is 11.4 Å². The van der Waals surface area contributed by atoms with Gasteiger partial charge in [0.25, 0.3) is 5.91 Å². The minimum Gasteiger partial charge on any atom is -0.507 e. The number of aromatic nitrogens is 2. The molecule has 0 unspecified atom stereocenters. The number of H-pyrrole nitrogens is 1. The predicted molar refractivity (Wildman–Crippen MR) is 103 cm³/mol. The van der Waals surface area contributed by atoms with E-state index < -0.39 is 5.91 Å². The third-order valence-electron chi connectivity index (χ3n) is 4.11. The molecule has 0 aliphatic rings. The molecular weight excluding hydrogens is 346 g/mol. The molecule has 0 fully saturated rings. The third kappa shape index (κ3) is 4.17. The van der Waals surface area contributed by atoms with Gasteiger partial charge in [-0.15, -0.1) is 0 Å². The number of aromatic hydroxyl groups is 1. The van der Waals surface area contributed by atoms with Crippen LogP contribution in [0.25, 0.3) is 11.5 Å². The number of benzene rings is 1. The number of carbonyl (C=O) groups excluding carboxylic acids is 1. The molecule has 0 atom stereocenters. The van der Waals surface area contributed by atoms with Crippen molar-refractivity contribution in [2.24, 2.45) is 5.10 Å². The highest BCUT2D eigenvalue weighted by molar-refractivity contribution is 5.94. The smallest absolute Gasteiger partial charge is 0.291 e. The van der Waals surface area contributed by atoms with Gasteiger partial charge in [-0.25, -0.2) is 5.43 Å². The molecule has 8 heteroatoms. The van der Waals surface area contributed by atoms with Gasteiger partial charge in [0.2, 0.25) is 0 Å². The number of furan rings is 1. The minimum absolute atomic E-state index is 0.0947. The Kier molecular flexibility index (Phi) is 5.55. The molecule has 0 aliphatic heterocycles. The molecule has 2 aromatic heterocycles. The van der Waals surface area contributed by atoms with E-state index >= 15 is 0 Å². The average Bonchev–Trinajstić information content (AvgIpc) is 3.36. The number of phenols is 1. The molecular formula is C19H21N5O3. The minimum atomic E-state index is -0.473. The number of amides is 1. The van der Waals surface area contributed by atoms with Crippen LogP contribution in [0.5, 0.6) is 5.75 Å². The van der Waals surface area contributed by atoms with Gasteiger partial charge in [0.05, 0.1) is 12.5 Å². The lowest BCUT2D eigenvalue weighted by Crippen LogP contribution is -2.21. The van der Waals surface area contributed by atoms with E-state index in [4.69, 9.17) is 4.42 Å². The zero-order chi connectivity index (χ0) is 19.2. The molecule has 3 rings (SSSR count). The lowest BCUT2D eigenvalue weighted by atomic mass is 10.2. The number of nitrogens with zero attached hydrogens (tertiary/aromatic N) is 3. The molecule has 3 aromatic rings. The van der Waals surface area contributed by atoms with E-state index in [0.717, 1.165) is 18.8 Å². The van der Waals surface area contributed by atoms with Crippen molar-refractivity contribution in [2.45, 2.75) is 13.8 Å². The van der Waals surface area contributed by atoms with Gasteiger partial charge in [0, 0.05) is 36.5 Å². The number of carbonyl (C=O) groups is 1. The standard InChI is InChI=1S/C19H21N5O3/c1-3-24(4-2)14-8-7-13(17(25)10-14)12-20-23-19(26)16-11-15(21-22-16)18-6-5-9-27-18/h5-12,25H,3-4H2,1-2H3,(H,21,22)(H,23,26). The van der Waals surface area contributed by atoms with E-state index in [2.05, 4.69) is 39.5 Å². The van der Waals surface area contributed by atoms with E-state index in [9.17, 15) is 9.90 Å². The second-order valence-electron chi connectivity index (χ2n) is 5.76. The summed E-state index contributed by atoms with van der Waals surface area (Å²) < 4.78 is 5.24. The molecule has 0 bridgehead atoms. The summed E-state index contributed by atoms with van der Waals surface area (Å²) in [5.74, 6) is 0.208. The van der Waals surface area contributed by atoms with Gasteiger partial charge < -0.3 is 14.4 Å². The van der Waals surface area contributed by atoms with Crippen LogP contribution in [-0.2, 0) is 0 Å². The number of hydrogen-bond acceptors (Lipinski definition) is 6. The van der Waals surface area contributed by atoms with Crippen molar-refractivity contribution < 1.29 is 14.3 Å². The number of aromatic amines is 1. The van der Waals surface area contributed by atoms with Gasteiger partial charge >= 0.3 is 0 Å². The summed E-state index contributed by atoms with van der Waals surface area (Å²) in [6, 6.07) is 10.4. The zero-order valence-electron chi connectivity index (χ0n) is 15.1. The summed E-state index contributed by atoms with van der Waals surface area (Å²) in [6.07, 6.45) is 2.93. The molecule has 0 radical (unpaired) electrons. The Morgan fingerprint density at radius 2 is 2.15 bits per heavy atom. The monoisotopic (exact) mass is 367 g/mol. The average molecular weight is 367 g/mol. The first kappa shape index (κ1) is 18.2. The van der Waals surface area contributed by atoms with Gasteiger partial charge in [0.15, 0.2) is 11.5 Å². The number of phenolic OH excluding ortho intramolecular Hbond substituents is 1. The van der Waals surface area contributed by atoms with Gasteiger partial charge in [-0.2, -0.15) is 10.2 Å². The van der Waals surface area contributed by atoms with Crippen molar-refractivity contribution in [1.29, 1.82) is 0 Å². The maximum Gasteiger partial charge on any atom is 0.291 e. The van der Waals surface area contributed by atoms with Crippen LogP contribution in [-0.4, -0.2) is 40.5 Å². The molecule has 0 spiro atoms. The fraction of sp³-hybridized carbons (Fsp3) is 0.211. The Bertz CT molecular complexity index is 927. The molecule has 0 aliphatic carbocycles. The second-order valence-corrected chi connectivity index (χ2v) is 5.76. The fourth-order valence-electron chi connectivity index (χ4n) is 2.64. The van der Waals surface area contributed by atoms with Crippen LogP contribution in [0.3, 0.4) is 0 Å². The maximum absolute atomic E-state index is 12.1. The van der Waals surface area contributed by atoms with Crippen molar-refractivity contribution in [1.82, 2.24) is 15.6 Å². The maximum atomic E-state index is 12.1. The van der Waals surface area contributed by atoms with E-state index in [1.54, 1.807) is 30.3 Å². The fourth-order valence-corrected chi connectivity index (χ4v) is 2.64. The Hall–Kier alpha value is -3.55. The van der Waals surface area contributed by atoms with Crippen LogP contribution in [0.4, 0.5) is 5.69 Å². The van der Waals surface area contributed by atoms with Gasteiger partial charge in [-0.1, -0.05) is 0 Å². The van der Waals surface area contributed by atoms with E-state index in [1.807, 2.05) is 6.07 Å². The highest BCUT2D eigenvalue weighted by Crippen LogP contribution is 2.23. The quantitative estimate of drug-likeness (QED) is 0.440. The summed E-state index contributed by atoms with van der Waals surface area (Å²) >= 11 is 0. The lowest BCUT2D eigenvalue weighted by molar-refractivity contribution is 0.0950.